The third-order valence-corrected chi connectivity index (χ3v) is 9.32. The normalized spacial score (nSPS) is 12.0. The van der Waals surface area contributed by atoms with Crippen LogP contribution in [0.4, 0.5) is 0 Å². The molecule has 0 saturated heterocycles. The highest BCUT2D eigenvalue weighted by Gasteiger charge is 2.20. The molecule has 0 radical (unpaired) electrons. The van der Waals surface area contributed by atoms with E-state index in [1.54, 1.807) is 0 Å². The summed E-state index contributed by atoms with van der Waals surface area (Å²) in [7, 11) is 0. The Morgan fingerprint density at radius 1 is 0.356 bits per heavy atom. The van der Waals surface area contributed by atoms with Crippen molar-refractivity contribution in [1.82, 2.24) is 9.13 Å². The minimum absolute atomic E-state index is 0.899. The molecule has 0 aliphatic rings. The average molecular weight is 575 g/mol. The van der Waals surface area contributed by atoms with Crippen molar-refractivity contribution in [2.24, 2.45) is 0 Å². The predicted octanol–water partition coefficient (Wildman–Crippen LogP) is 11.4. The maximum atomic E-state index is 6.32. The first-order chi connectivity index (χ1) is 22.3. The van der Waals surface area contributed by atoms with Gasteiger partial charge in [0.2, 0.25) is 0 Å². The molecule has 0 N–H and O–H groups in total. The lowest BCUT2D eigenvalue weighted by atomic mass is 10.1. The third-order valence-electron chi connectivity index (χ3n) is 9.32. The first-order valence-electron chi connectivity index (χ1n) is 15.4. The molecule has 3 nitrogen and oxygen atoms in total. The fourth-order valence-electron chi connectivity index (χ4n) is 7.34. The van der Waals surface area contributed by atoms with Gasteiger partial charge in [0.1, 0.15) is 11.2 Å². The molecular formula is C42H26N2O. The lowest BCUT2D eigenvalue weighted by molar-refractivity contribution is 0.669. The Morgan fingerprint density at radius 3 is 1.64 bits per heavy atom. The zero-order valence-electron chi connectivity index (χ0n) is 24.3. The van der Waals surface area contributed by atoms with Gasteiger partial charge in [0.25, 0.3) is 0 Å². The van der Waals surface area contributed by atoms with Gasteiger partial charge in [0.05, 0.1) is 33.1 Å². The Balaban J connectivity index is 1.29. The minimum atomic E-state index is 0.899. The van der Waals surface area contributed by atoms with Crippen molar-refractivity contribution < 1.29 is 4.42 Å². The third kappa shape index (κ3) is 3.46. The Labute approximate surface area is 258 Å². The molecule has 0 atom stereocenters. The number of nitrogens with zero attached hydrogens (tertiary/aromatic N) is 2. The van der Waals surface area contributed by atoms with Gasteiger partial charge in [0, 0.05) is 32.6 Å². The van der Waals surface area contributed by atoms with Gasteiger partial charge in [-0.05, 0) is 65.7 Å². The van der Waals surface area contributed by atoms with Crippen LogP contribution in [0.2, 0.25) is 0 Å². The number of hydrogen-bond acceptors (Lipinski definition) is 1. The number of rotatable bonds is 3. The zero-order chi connectivity index (χ0) is 29.5. The van der Waals surface area contributed by atoms with Gasteiger partial charge >= 0.3 is 0 Å². The monoisotopic (exact) mass is 574 g/mol. The van der Waals surface area contributed by atoms with Crippen LogP contribution in [0, 0.1) is 0 Å². The summed E-state index contributed by atoms with van der Waals surface area (Å²) in [5.41, 5.74) is 11.3. The summed E-state index contributed by atoms with van der Waals surface area (Å²) in [6, 6.07) is 56.5. The summed E-state index contributed by atoms with van der Waals surface area (Å²) >= 11 is 0. The molecule has 3 aromatic heterocycles. The number of benzene rings is 7. The van der Waals surface area contributed by atoms with Crippen LogP contribution in [-0.4, -0.2) is 9.13 Å². The van der Waals surface area contributed by atoms with Gasteiger partial charge in [-0.15, -0.1) is 0 Å². The highest BCUT2D eigenvalue weighted by atomic mass is 16.3. The lowest BCUT2D eigenvalue weighted by Crippen LogP contribution is -1.95. The average Bonchev–Trinajstić information content (AvgIpc) is 3.75. The van der Waals surface area contributed by atoms with E-state index in [1.807, 2.05) is 6.07 Å². The maximum absolute atomic E-state index is 6.32. The molecule has 0 fully saturated rings. The second kappa shape index (κ2) is 9.22. The van der Waals surface area contributed by atoms with Crippen LogP contribution in [0.3, 0.4) is 0 Å². The van der Waals surface area contributed by atoms with E-state index in [-0.39, 0.29) is 0 Å². The zero-order valence-corrected chi connectivity index (χ0v) is 24.3. The molecule has 45 heavy (non-hydrogen) atoms. The van der Waals surface area contributed by atoms with E-state index in [2.05, 4.69) is 161 Å². The van der Waals surface area contributed by atoms with Gasteiger partial charge in [-0.3, -0.25) is 0 Å². The molecule has 10 aromatic rings. The van der Waals surface area contributed by atoms with Crippen molar-refractivity contribution in [3.8, 4) is 22.5 Å². The summed E-state index contributed by atoms with van der Waals surface area (Å²) in [6.45, 7) is 0. The van der Waals surface area contributed by atoms with Crippen molar-refractivity contribution >= 4 is 65.6 Å². The smallest absolute Gasteiger partial charge is 0.137 e. The van der Waals surface area contributed by atoms with Crippen LogP contribution in [0.25, 0.3) is 88.1 Å². The van der Waals surface area contributed by atoms with Gasteiger partial charge in [-0.1, -0.05) is 103 Å². The van der Waals surface area contributed by atoms with Gasteiger partial charge in [-0.2, -0.15) is 0 Å². The fraction of sp³-hybridized carbons (Fsp3) is 0. The Bertz CT molecular complexity index is 2740. The van der Waals surface area contributed by atoms with Crippen molar-refractivity contribution in [2.75, 3.05) is 0 Å². The minimum Gasteiger partial charge on any atom is -0.456 e. The first-order valence-corrected chi connectivity index (χ1v) is 15.4. The van der Waals surface area contributed by atoms with Gasteiger partial charge in [0.15, 0.2) is 0 Å². The van der Waals surface area contributed by atoms with Crippen LogP contribution in [0.1, 0.15) is 0 Å². The van der Waals surface area contributed by atoms with Crippen molar-refractivity contribution in [1.29, 1.82) is 0 Å². The quantitative estimate of drug-likeness (QED) is 0.206. The predicted molar refractivity (Wildman–Crippen MR) is 188 cm³/mol. The van der Waals surface area contributed by atoms with Crippen LogP contribution in [-0.2, 0) is 0 Å². The maximum Gasteiger partial charge on any atom is 0.137 e. The number of para-hydroxylation sites is 3. The second-order valence-corrected chi connectivity index (χ2v) is 11.8. The van der Waals surface area contributed by atoms with Crippen molar-refractivity contribution in [3.05, 3.63) is 158 Å². The lowest BCUT2D eigenvalue weighted by Gasteiger charge is -2.11. The van der Waals surface area contributed by atoms with Gasteiger partial charge < -0.3 is 13.6 Å². The molecule has 10 rings (SSSR count). The topological polar surface area (TPSA) is 23.0 Å². The molecule has 0 aliphatic carbocycles. The fourth-order valence-corrected chi connectivity index (χ4v) is 7.34. The van der Waals surface area contributed by atoms with E-state index >= 15 is 0 Å². The number of aromatic nitrogens is 2. The van der Waals surface area contributed by atoms with Crippen LogP contribution in [0.5, 0.6) is 0 Å². The van der Waals surface area contributed by atoms with E-state index in [0.717, 1.165) is 33.3 Å². The number of hydrogen-bond donors (Lipinski definition) is 0. The summed E-state index contributed by atoms with van der Waals surface area (Å²) in [5, 5.41) is 7.20. The van der Waals surface area contributed by atoms with E-state index in [9.17, 15) is 0 Å². The van der Waals surface area contributed by atoms with Gasteiger partial charge in [-0.25, -0.2) is 0 Å². The molecule has 3 heterocycles. The highest BCUT2D eigenvalue weighted by Crippen LogP contribution is 2.42. The number of furan rings is 1. The number of fused-ring (bicyclic) bond motifs is 9. The molecule has 0 unspecified atom stereocenters. The largest absolute Gasteiger partial charge is 0.456 e. The standard InChI is InChI=1S/C42H26N2O/c1-2-11-27(12-3-1)28-21-23-29(24-22-28)43-35-16-7-4-13-30(35)33-26-39-34(25-38(33)43)31-14-5-8-17-36(31)44(39)37-18-10-20-41-42(37)32-15-6-9-19-40(32)45-41/h1-26H. The van der Waals surface area contributed by atoms with Crippen LogP contribution in [0.15, 0.2) is 162 Å². The molecule has 0 saturated carbocycles. The summed E-state index contributed by atoms with van der Waals surface area (Å²) in [5.74, 6) is 0. The Morgan fingerprint density at radius 2 is 0.911 bits per heavy atom. The molecule has 0 bridgehead atoms. The summed E-state index contributed by atoms with van der Waals surface area (Å²) in [4.78, 5) is 0. The summed E-state index contributed by atoms with van der Waals surface area (Å²) < 4.78 is 11.2. The second-order valence-electron chi connectivity index (χ2n) is 11.8. The molecule has 0 spiro atoms. The molecular weight excluding hydrogens is 548 g/mol. The van der Waals surface area contributed by atoms with E-state index in [4.69, 9.17) is 4.42 Å². The Hall–Kier alpha value is -6.06. The molecule has 3 heteroatoms. The van der Waals surface area contributed by atoms with E-state index in [1.165, 1.54) is 54.7 Å². The molecule has 7 aromatic carbocycles. The summed E-state index contributed by atoms with van der Waals surface area (Å²) in [6.07, 6.45) is 0. The van der Waals surface area contributed by atoms with Crippen molar-refractivity contribution in [3.63, 3.8) is 0 Å². The van der Waals surface area contributed by atoms with E-state index < -0.39 is 0 Å². The first kappa shape index (κ1) is 24.4. The highest BCUT2D eigenvalue weighted by molar-refractivity contribution is 6.20. The van der Waals surface area contributed by atoms with Crippen molar-refractivity contribution in [2.45, 2.75) is 0 Å². The molecule has 0 amide bonds. The van der Waals surface area contributed by atoms with Crippen LogP contribution >= 0.6 is 0 Å². The Kier molecular flexibility index (Phi) is 5.00. The molecule has 210 valence electrons. The van der Waals surface area contributed by atoms with E-state index in [0.29, 0.717) is 0 Å². The SMILES string of the molecule is c1ccc(-c2ccc(-n3c4ccccc4c4cc5c(cc43)c3ccccc3n5-c3cccc4oc5ccccc5c34)cc2)cc1. The molecule has 0 aliphatic heterocycles. The van der Waals surface area contributed by atoms with Crippen LogP contribution < -0.4 is 0 Å².